The Balaban J connectivity index is 0.00000133. The first-order valence-corrected chi connectivity index (χ1v) is 10.8. The minimum atomic E-state index is -0.924. The molecule has 13 heteroatoms. The van der Waals surface area contributed by atoms with Crippen molar-refractivity contribution < 1.29 is 24.2 Å². The molecule has 0 aliphatic carbocycles. The summed E-state index contributed by atoms with van der Waals surface area (Å²) in [6.45, 7) is 1.85. The predicted octanol–water partition coefficient (Wildman–Crippen LogP) is 1.57. The number of benzene rings is 1. The van der Waals surface area contributed by atoms with E-state index in [4.69, 9.17) is 9.84 Å². The molecule has 4 rings (SSSR count). The fourth-order valence-corrected chi connectivity index (χ4v) is 4.44. The zero-order chi connectivity index (χ0) is 24.1. The Morgan fingerprint density at radius 3 is 2.74 bits per heavy atom. The largest absolute Gasteiger partial charge is 0.482 e. The number of H-pyrrole nitrogens is 1. The van der Waals surface area contributed by atoms with Crippen molar-refractivity contribution in [3.8, 4) is 5.75 Å². The van der Waals surface area contributed by atoms with Gasteiger partial charge in [-0.3, -0.25) is 19.2 Å². The van der Waals surface area contributed by atoms with E-state index >= 15 is 0 Å². The van der Waals surface area contributed by atoms with Crippen LogP contribution < -0.4 is 26.7 Å². The number of aromatic amines is 1. The topological polar surface area (TPSA) is 176 Å². The molecule has 2 aromatic heterocycles. The Hall–Kier alpha value is -3.48. The fourth-order valence-electron chi connectivity index (χ4n) is 3.26. The Bertz CT molecular complexity index is 1290. The highest BCUT2D eigenvalue weighted by Gasteiger charge is 2.19. The van der Waals surface area contributed by atoms with E-state index in [1.807, 2.05) is 0 Å². The summed E-state index contributed by atoms with van der Waals surface area (Å²) in [5.41, 5.74) is 5.99. The summed E-state index contributed by atoms with van der Waals surface area (Å²) in [5, 5.41) is 14.6. The smallest absolute Gasteiger partial charge is 0.303 e. The minimum absolute atomic E-state index is 0. The Labute approximate surface area is 204 Å². The van der Waals surface area contributed by atoms with Gasteiger partial charge in [-0.05, 0) is 43.7 Å². The van der Waals surface area contributed by atoms with E-state index < -0.39 is 17.4 Å². The second-order valence-electron chi connectivity index (χ2n) is 6.99. The lowest BCUT2D eigenvalue weighted by Gasteiger charge is -2.18. The number of halogens is 1. The average molecular weight is 510 g/mol. The van der Waals surface area contributed by atoms with Crippen LogP contribution in [0.1, 0.15) is 33.0 Å². The summed E-state index contributed by atoms with van der Waals surface area (Å²) in [6, 6.07) is 5.16. The van der Waals surface area contributed by atoms with Gasteiger partial charge in [-0.1, -0.05) is 6.07 Å². The number of hydrogen-bond acceptors (Lipinski definition) is 8. The lowest BCUT2D eigenvalue weighted by Crippen LogP contribution is -2.28. The third-order valence-electron chi connectivity index (χ3n) is 4.81. The van der Waals surface area contributed by atoms with Gasteiger partial charge in [0, 0.05) is 11.4 Å². The van der Waals surface area contributed by atoms with Crippen molar-refractivity contribution in [2.24, 2.45) is 5.73 Å². The molecule has 0 unspecified atom stereocenters. The number of ether oxygens (including phenoxy) is 1. The van der Waals surface area contributed by atoms with Crippen molar-refractivity contribution in [1.29, 1.82) is 0 Å². The SMILES string of the molecule is CN.Cc1c(CCC(=O)O)sc2nc(C(=O)NCc3ccc4c(c3)NC(=O)CO4)[nH]c(=O)c12.Cl. The summed E-state index contributed by atoms with van der Waals surface area (Å²) in [5.74, 6) is -1.31. The highest BCUT2D eigenvalue weighted by Crippen LogP contribution is 2.29. The number of carbonyl (C=O) groups is 3. The van der Waals surface area contributed by atoms with Crippen LogP contribution in [0.15, 0.2) is 23.0 Å². The van der Waals surface area contributed by atoms with Gasteiger partial charge < -0.3 is 31.2 Å². The Morgan fingerprint density at radius 1 is 1.29 bits per heavy atom. The maximum Gasteiger partial charge on any atom is 0.303 e. The van der Waals surface area contributed by atoms with Crippen LogP contribution >= 0.6 is 23.7 Å². The van der Waals surface area contributed by atoms with Crippen LogP contribution in [0.5, 0.6) is 5.75 Å². The Kier molecular flexibility index (Phi) is 9.12. The van der Waals surface area contributed by atoms with Gasteiger partial charge in [0.1, 0.15) is 10.6 Å². The molecule has 182 valence electrons. The van der Waals surface area contributed by atoms with Gasteiger partial charge >= 0.3 is 5.97 Å². The number of nitrogens with two attached hydrogens (primary N) is 1. The van der Waals surface area contributed by atoms with Crippen molar-refractivity contribution in [1.82, 2.24) is 15.3 Å². The molecule has 2 amide bonds. The molecular weight excluding hydrogens is 486 g/mol. The Morgan fingerprint density at radius 2 is 2.03 bits per heavy atom. The number of aromatic nitrogens is 2. The average Bonchev–Trinajstić information content (AvgIpc) is 3.12. The highest BCUT2D eigenvalue weighted by atomic mass is 35.5. The van der Waals surface area contributed by atoms with Crippen molar-refractivity contribution in [2.75, 3.05) is 19.0 Å². The second-order valence-corrected chi connectivity index (χ2v) is 8.07. The monoisotopic (exact) mass is 509 g/mol. The van der Waals surface area contributed by atoms with Gasteiger partial charge in [-0.25, -0.2) is 4.98 Å². The molecule has 0 fully saturated rings. The summed E-state index contributed by atoms with van der Waals surface area (Å²) in [6.07, 6.45) is 0.243. The molecule has 1 aliphatic rings. The second kappa shape index (κ2) is 11.6. The number of aryl methyl sites for hydroxylation is 2. The lowest BCUT2D eigenvalue weighted by atomic mass is 10.1. The molecule has 0 bridgehead atoms. The molecule has 11 nitrogen and oxygen atoms in total. The standard InChI is InChI=1S/C20H18N4O6S.CH5N.ClH/c1-9-13(4-5-15(26)27)31-20-16(9)18(28)23-17(24-20)19(29)21-7-10-2-3-12-11(6-10)22-14(25)8-30-12;1-2;/h2-3,6H,4-5,7-8H2,1H3,(H,21,29)(H,22,25)(H,26,27)(H,23,24,28);2H2,1H3;1H. The van der Waals surface area contributed by atoms with Crippen LogP contribution in [0.25, 0.3) is 10.2 Å². The summed E-state index contributed by atoms with van der Waals surface area (Å²) in [7, 11) is 1.50. The molecule has 1 aliphatic heterocycles. The number of hydrogen-bond donors (Lipinski definition) is 5. The van der Waals surface area contributed by atoms with Crippen LogP contribution in [0.2, 0.25) is 0 Å². The molecule has 0 radical (unpaired) electrons. The number of carboxylic acids is 1. The number of rotatable bonds is 6. The molecule has 34 heavy (non-hydrogen) atoms. The van der Waals surface area contributed by atoms with Crippen LogP contribution in [-0.4, -0.2) is 46.5 Å². The molecule has 0 saturated carbocycles. The minimum Gasteiger partial charge on any atom is -0.482 e. The number of thiophene rings is 1. The van der Waals surface area contributed by atoms with Gasteiger partial charge in [-0.2, -0.15) is 0 Å². The normalized spacial score (nSPS) is 11.8. The molecule has 3 aromatic rings. The first-order valence-electron chi connectivity index (χ1n) is 9.97. The summed E-state index contributed by atoms with van der Waals surface area (Å²) in [4.78, 5) is 55.2. The lowest BCUT2D eigenvalue weighted by molar-refractivity contribution is -0.137. The van der Waals surface area contributed by atoms with Crippen molar-refractivity contribution >= 4 is 57.4 Å². The van der Waals surface area contributed by atoms with Gasteiger partial charge in [-0.15, -0.1) is 23.7 Å². The highest BCUT2D eigenvalue weighted by molar-refractivity contribution is 7.18. The number of nitrogens with zero attached hydrogens (tertiary/aromatic N) is 1. The maximum absolute atomic E-state index is 12.6. The molecule has 1 aromatic carbocycles. The number of fused-ring (bicyclic) bond motifs is 2. The van der Waals surface area contributed by atoms with E-state index in [1.54, 1.807) is 25.1 Å². The number of carboxylic acid groups (broad SMARTS) is 1. The summed E-state index contributed by atoms with van der Waals surface area (Å²) < 4.78 is 5.30. The number of anilines is 1. The van der Waals surface area contributed by atoms with Gasteiger partial charge in [0.05, 0.1) is 17.5 Å². The van der Waals surface area contributed by atoms with Crippen LogP contribution in [-0.2, 0) is 22.6 Å². The van der Waals surface area contributed by atoms with Crippen molar-refractivity contribution in [3.63, 3.8) is 0 Å². The molecule has 3 heterocycles. The maximum atomic E-state index is 12.6. The van der Waals surface area contributed by atoms with Gasteiger partial charge in [0.2, 0.25) is 5.82 Å². The van der Waals surface area contributed by atoms with E-state index in [0.29, 0.717) is 33.6 Å². The molecular formula is C21H24ClN5O6S. The number of nitrogens with one attached hydrogen (secondary N) is 3. The number of amides is 2. The third kappa shape index (κ3) is 5.90. The molecule has 6 N–H and O–H groups in total. The van der Waals surface area contributed by atoms with E-state index in [2.05, 4.69) is 26.3 Å². The van der Waals surface area contributed by atoms with E-state index in [9.17, 15) is 19.2 Å². The van der Waals surface area contributed by atoms with E-state index in [-0.39, 0.29) is 43.7 Å². The van der Waals surface area contributed by atoms with Crippen molar-refractivity contribution in [3.05, 3.63) is 50.4 Å². The summed E-state index contributed by atoms with van der Waals surface area (Å²) >= 11 is 1.21. The quantitative estimate of drug-likeness (QED) is 0.332. The predicted molar refractivity (Wildman–Crippen MR) is 130 cm³/mol. The first-order chi connectivity index (χ1) is 15.8. The van der Waals surface area contributed by atoms with E-state index in [1.165, 1.54) is 18.4 Å². The molecule has 0 saturated heterocycles. The molecule has 0 atom stereocenters. The van der Waals surface area contributed by atoms with E-state index in [0.717, 1.165) is 10.4 Å². The zero-order valence-electron chi connectivity index (χ0n) is 18.4. The van der Waals surface area contributed by atoms with Crippen LogP contribution in [0.4, 0.5) is 5.69 Å². The zero-order valence-corrected chi connectivity index (χ0v) is 20.0. The van der Waals surface area contributed by atoms with Crippen LogP contribution in [0, 0.1) is 6.92 Å². The van der Waals surface area contributed by atoms with Gasteiger partial charge in [0.25, 0.3) is 17.4 Å². The molecule has 0 spiro atoms. The third-order valence-corrected chi connectivity index (χ3v) is 6.06. The number of aliphatic carboxylic acids is 1. The van der Waals surface area contributed by atoms with Gasteiger partial charge in [0.15, 0.2) is 6.61 Å². The fraction of sp³-hybridized carbons (Fsp3) is 0.286. The van der Waals surface area contributed by atoms with Crippen molar-refractivity contribution in [2.45, 2.75) is 26.3 Å². The van der Waals surface area contributed by atoms with Crippen LogP contribution in [0.3, 0.4) is 0 Å². The number of carbonyl (C=O) groups excluding carboxylic acids is 2. The first kappa shape index (κ1) is 26.8.